The van der Waals surface area contributed by atoms with E-state index >= 15 is 0 Å². The van der Waals surface area contributed by atoms with Crippen molar-refractivity contribution in [3.8, 4) is 0 Å². The van der Waals surface area contributed by atoms with Crippen LogP contribution in [0.3, 0.4) is 0 Å². The van der Waals surface area contributed by atoms with Crippen molar-refractivity contribution in [2.24, 2.45) is 4.99 Å². The fourth-order valence-corrected chi connectivity index (χ4v) is 1.41. The molecule has 0 radical (unpaired) electrons. The van der Waals surface area contributed by atoms with Crippen LogP contribution in [0.1, 0.15) is 41.0 Å². The number of rotatable bonds is 4. The summed E-state index contributed by atoms with van der Waals surface area (Å²) in [5.41, 5.74) is -0.155. The molecule has 1 N–H and O–H groups in total. The van der Waals surface area contributed by atoms with E-state index in [0.29, 0.717) is 12.0 Å². The van der Waals surface area contributed by atoms with E-state index in [-0.39, 0.29) is 0 Å². The van der Waals surface area contributed by atoms with Crippen LogP contribution in [0.4, 0.5) is 4.79 Å². The van der Waals surface area contributed by atoms with E-state index in [0.717, 1.165) is 0 Å². The number of hydrogen-bond donors (Lipinski definition) is 1. The minimum Gasteiger partial charge on any atom is -0.444 e. The molecule has 5 nitrogen and oxygen atoms in total. The van der Waals surface area contributed by atoms with Crippen molar-refractivity contribution in [1.82, 2.24) is 5.32 Å². The van der Waals surface area contributed by atoms with Gasteiger partial charge in [0.15, 0.2) is 0 Å². The molecule has 0 rings (SSSR count). The third kappa shape index (κ3) is 5.61. The predicted octanol–water partition coefficient (Wildman–Crippen LogP) is 2.46. The molecule has 1 unspecified atom stereocenters. The van der Waals surface area contributed by atoms with Crippen LogP contribution in [-0.4, -0.2) is 30.4 Å². The average molecular weight is 254 g/mol. The zero-order valence-corrected chi connectivity index (χ0v) is 11.7. The van der Waals surface area contributed by atoms with Gasteiger partial charge in [-0.1, -0.05) is 13.0 Å². The highest BCUT2D eigenvalue weighted by atomic mass is 16.6. The Morgan fingerprint density at radius 3 is 2.33 bits per heavy atom. The van der Waals surface area contributed by atoms with Gasteiger partial charge in [0.2, 0.25) is 0 Å². The van der Waals surface area contributed by atoms with Gasteiger partial charge >= 0.3 is 6.09 Å². The molecule has 0 saturated heterocycles. The first kappa shape index (κ1) is 16.4. The van der Waals surface area contributed by atoms with E-state index in [4.69, 9.17) is 4.74 Å². The van der Waals surface area contributed by atoms with Crippen molar-refractivity contribution in [3.63, 3.8) is 0 Å². The van der Waals surface area contributed by atoms with Gasteiger partial charge in [-0.15, -0.1) is 0 Å². The molecule has 0 aliphatic rings. The lowest BCUT2D eigenvalue weighted by atomic mass is 10.0. The average Bonchev–Trinajstić information content (AvgIpc) is 2.25. The lowest BCUT2D eigenvalue weighted by Crippen LogP contribution is -2.41. The molecule has 18 heavy (non-hydrogen) atoms. The van der Waals surface area contributed by atoms with Gasteiger partial charge in [-0.25, -0.2) is 9.79 Å². The molecule has 0 heterocycles. The maximum atomic E-state index is 11.6. The number of allylic oxidation sites excluding steroid dienone is 1. The first-order valence-electron chi connectivity index (χ1n) is 5.92. The number of nitrogens with one attached hydrogen (secondary N) is 1. The number of aliphatic imine (C=N–C) groups is 1. The number of amides is 2. The SMILES string of the molecule is C=NC(=O)/C(=C/C)C(CC)NC(=O)OC(C)(C)C. The highest BCUT2D eigenvalue weighted by Gasteiger charge is 2.23. The number of nitrogens with zero attached hydrogens (tertiary/aromatic N) is 1. The van der Waals surface area contributed by atoms with Gasteiger partial charge in [0, 0.05) is 5.57 Å². The lowest BCUT2D eigenvalue weighted by molar-refractivity contribution is -0.114. The standard InChI is InChI=1S/C13H22N2O3/c1-7-9(11(16)14-6)10(8-2)15-12(17)18-13(3,4)5/h7,10H,6,8H2,1-5H3,(H,15,17)/b9-7+. The summed E-state index contributed by atoms with van der Waals surface area (Å²) in [5, 5.41) is 2.65. The third-order valence-electron chi connectivity index (χ3n) is 2.18. The van der Waals surface area contributed by atoms with Crippen molar-refractivity contribution in [2.45, 2.75) is 52.7 Å². The second-order valence-electron chi connectivity index (χ2n) is 4.81. The molecule has 0 spiro atoms. The molecule has 102 valence electrons. The van der Waals surface area contributed by atoms with Crippen LogP contribution in [0.2, 0.25) is 0 Å². The Labute approximate surface area is 108 Å². The van der Waals surface area contributed by atoms with Crippen LogP contribution in [0.5, 0.6) is 0 Å². The van der Waals surface area contributed by atoms with Gasteiger partial charge in [-0.3, -0.25) is 4.79 Å². The van der Waals surface area contributed by atoms with E-state index in [1.165, 1.54) is 0 Å². The van der Waals surface area contributed by atoms with Crippen LogP contribution in [0.25, 0.3) is 0 Å². The van der Waals surface area contributed by atoms with Crippen LogP contribution in [-0.2, 0) is 9.53 Å². The third-order valence-corrected chi connectivity index (χ3v) is 2.18. The first-order chi connectivity index (χ1) is 8.25. The minimum absolute atomic E-state index is 0.414. The summed E-state index contributed by atoms with van der Waals surface area (Å²) < 4.78 is 5.14. The van der Waals surface area contributed by atoms with Gasteiger partial charge in [0.25, 0.3) is 5.91 Å². The molecule has 0 aromatic carbocycles. The number of carbonyl (C=O) groups is 2. The van der Waals surface area contributed by atoms with Gasteiger partial charge in [0.1, 0.15) is 5.60 Å². The Hall–Kier alpha value is -1.65. The van der Waals surface area contributed by atoms with Gasteiger partial charge in [-0.05, 0) is 40.8 Å². The molecule has 0 aromatic heterocycles. The zero-order chi connectivity index (χ0) is 14.3. The van der Waals surface area contributed by atoms with E-state index in [2.05, 4.69) is 17.0 Å². The van der Waals surface area contributed by atoms with Crippen LogP contribution >= 0.6 is 0 Å². The highest BCUT2D eigenvalue weighted by molar-refractivity contribution is 5.97. The summed E-state index contributed by atoms with van der Waals surface area (Å²) in [6.45, 7) is 12.1. The lowest BCUT2D eigenvalue weighted by Gasteiger charge is -2.23. The van der Waals surface area contributed by atoms with Crippen molar-refractivity contribution in [3.05, 3.63) is 11.6 Å². The maximum absolute atomic E-state index is 11.6. The molecule has 0 fully saturated rings. The fraction of sp³-hybridized carbons (Fsp3) is 0.615. The zero-order valence-electron chi connectivity index (χ0n) is 11.7. The molecule has 5 heteroatoms. The minimum atomic E-state index is -0.570. The Kier molecular flexibility index (Phi) is 6.30. The van der Waals surface area contributed by atoms with Crippen molar-refractivity contribution in [1.29, 1.82) is 0 Å². The van der Waals surface area contributed by atoms with Crippen molar-refractivity contribution >= 4 is 18.7 Å². The highest BCUT2D eigenvalue weighted by Crippen LogP contribution is 2.11. The number of hydrogen-bond acceptors (Lipinski definition) is 3. The topological polar surface area (TPSA) is 67.8 Å². The molecule has 0 aliphatic carbocycles. The molecule has 0 bridgehead atoms. The normalized spacial score (nSPS) is 13.7. The van der Waals surface area contributed by atoms with E-state index < -0.39 is 23.6 Å². The number of ether oxygens (including phenoxy) is 1. The predicted molar refractivity (Wildman–Crippen MR) is 71.8 cm³/mol. The van der Waals surface area contributed by atoms with E-state index in [1.54, 1.807) is 33.8 Å². The Morgan fingerprint density at radius 2 is 2.00 bits per heavy atom. The van der Waals surface area contributed by atoms with Gasteiger partial charge in [-0.2, -0.15) is 0 Å². The van der Waals surface area contributed by atoms with Crippen LogP contribution < -0.4 is 5.32 Å². The number of alkyl carbamates (subject to hydrolysis) is 1. The second-order valence-corrected chi connectivity index (χ2v) is 4.81. The monoisotopic (exact) mass is 254 g/mol. The molecule has 1 atom stereocenters. The molecule has 0 saturated carbocycles. The van der Waals surface area contributed by atoms with Crippen LogP contribution in [0.15, 0.2) is 16.6 Å². The fourth-order valence-electron chi connectivity index (χ4n) is 1.41. The summed E-state index contributed by atoms with van der Waals surface area (Å²) in [6.07, 6.45) is 1.65. The molecular weight excluding hydrogens is 232 g/mol. The largest absolute Gasteiger partial charge is 0.444 e. The summed E-state index contributed by atoms with van der Waals surface area (Å²) in [5.74, 6) is -0.430. The molecule has 2 amide bonds. The van der Waals surface area contributed by atoms with Gasteiger partial charge < -0.3 is 10.1 Å². The van der Waals surface area contributed by atoms with Crippen molar-refractivity contribution < 1.29 is 14.3 Å². The maximum Gasteiger partial charge on any atom is 0.408 e. The first-order valence-corrected chi connectivity index (χ1v) is 5.92. The second kappa shape index (κ2) is 6.93. The van der Waals surface area contributed by atoms with Gasteiger partial charge in [0.05, 0.1) is 6.04 Å². The number of carbonyl (C=O) groups excluding carboxylic acids is 2. The Morgan fingerprint density at radius 1 is 1.44 bits per heavy atom. The summed E-state index contributed by atoms with van der Waals surface area (Å²) in [7, 11) is 0. The smallest absolute Gasteiger partial charge is 0.408 e. The van der Waals surface area contributed by atoms with Crippen LogP contribution in [0, 0.1) is 0 Å². The summed E-state index contributed by atoms with van der Waals surface area (Å²) >= 11 is 0. The molecule has 0 aromatic rings. The Bertz CT molecular complexity index is 354. The molecular formula is C13H22N2O3. The van der Waals surface area contributed by atoms with E-state index in [9.17, 15) is 9.59 Å². The molecule has 0 aliphatic heterocycles. The quantitative estimate of drug-likeness (QED) is 0.619. The summed E-state index contributed by atoms with van der Waals surface area (Å²) in [4.78, 5) is 26.5. The van der Waals surface area contributed by atoms with Crippen molar-refractivity contribution in [2.75, 3.05) is 0 Å². The Balaban J connectivity index is 4.75. The summed E-state index contributed by atoms with van der Waals surface area (Å²) in [6, 6.07) is -0.414. The van der Waals surface area contributed by atoms with E-state index in [1.807, 2.05) is 6.92 Å².